The van der Waals surface area contributed by atoms with Crippen LogP contribution in [0.5, 0.6) is 5.75 Å². The summed E-state index contributed by atoms with van der Waals surface area (Å²) in [5.74, 6) is 0.953. The van der Waals surface area contributed by atoms with Crippen molar-refractivity contribution in [3.8, 4) is 5.75 Å². The van der Waals surface area contributed by atoms with Gasteiger partial charge in [-0.1, -0.05) is 57.2 Å². The third-order valence-corrected chi connectivity index (χ3v) is 5.91. The molecule has 2 amide bonds. The second-order valence-corrected chi connectivity index (χ2v) is 8.91. The highest BCUT2D eigenvalue weighted by atomic mass is 16.5. The van der Waals surface area contributed by atoms with Crippen molar-refractivity contribution in [1.82, 2.24) is 10.2 Å². The fourth-order valence-electron chi connectivity index (χ4n) is 4.27. The molecule has 0 bridgehead atoms. The Morgan fingerprint density at radius 1 is 1.15 bits per heavy atom. The average Bonchev–Trinajstić information content (AvgIpc) is 2.81. The van der Waals surface area contributed by atoms with Gasteiger partial charge in [0.25, 0.3) is 5.91 Å². The molecule has 1 heterocycles. The number of nitrogens with zero attached hydrogens (tertiary/aromatic N) is 1. The normalized spacial score (nSPS) is 16.3. The quantitative estimate of drug-likeness (QED) is 0.551. The number of carbonyl (C=O) groups excluding carboxylic acids is 2. The molecule has 2 atom stereocenters. The van der Waals surface area contributed by atoms with E-state index in [1.54, 1.807) is 7.11 Å². The monoisotopic (exact) mass is 452 g/mol. The zero-order chi connectivity index (χ0) is 23.8. The molecular formula is C27H36N2O4. The summed E-state index contributed by atoms with van der Waals surface area (Å²) in [6, 6.07) is 16.0. The molecule has 0 saturated heterocycles. The molecule has 6 heteroatoms. The van der Waals surface area contributed by atoms with E-state index in [0.29, 0.717) is 44.2 Å². The van der Waals surface area contributed by atoms with Crippen LogP contribution in [0.2, 0.25) is 0 Å². The maximum atomic E-state index is 13.2. The van der Waals surface area contributed by atoms with Gasteiger partial charge in [-0.25, -0.2) is 0 Å². The van der Waals surface area contributed by atoms with E-state index >= 15 is 0 Å². The fourth-order valence-corrected chi connectivity index (χ4v) is 4.27. The Hall–Kier alpha value is -2.86. The van der Waals surface area contributed by atoms with Gasteiger partial charge in [-0.2, -0.15) is 0 Å². The van der Waals surface area contributed by atoms with E-state index in [4.69, 9.17) is 9.47 Å². The van der Waals surface area contributed by atoms with Crippen molar-refractivity contribution in [2.45, 2.75) is 52.2 Å². The van der Waals surface area contributed by atoms with Crippen molar-refractivity contribution in [2.75, 3.05) is 26.8 Å². The van der Waals surface area contributed by atoms with Crippen LogP contribution in [0, 0.1) is 5.92 Å². The Balaban J connectivity index is 1.90. The molecule has 6 nitrogen and oxygen atoms in total. The van der Waals surface area contributed by atoms with Crippen LogP contribution in [0.1, 0.15) is 56.3 Å². The van der Waals surface area contributed by atoms with E-state index in [2.05, 4.69) is 37.4 Å². The molecule has 0 radical (unpaired) electrons. The molecule has 0 fully saturated rings. The first-order chi connectivity index (χ1) is 15.9. The molecule has 33 heavy (non-hydrogen) atoms. The Bertz CT molecular complexity index is 929. The Labute approximate surface area is 197 Å². The van der Waals surface area contributed by atoms with Crippen molar-refractivity contribution in [1.29, 1.82) is 0 Å². The van der Waals surface area contributed by atoms with Gasteiger partial charge in [0.2, 0.25) is 5.91 Å². The molecule has 2 aromatic carbocycles. The van der Waals surface area contributed by atoms with E-state index in [1.807, 2.05) is 42.2 Å². The summed E-state index contributed by atoms with van der Waals surface area (Å²) in [5, 5.41) is 2.85. The molecule has 0 unspecified atom stereocenters. The van der Waals surface area contributed by atoms with E-state index < -0.39 is 6.10 Å². The van der Waals surface area contributed by atoms with Crippen molar-refractivity contribution >= 4 is 11.8 Å². The smallest absolute Gasteiger partial charge is 0.261 e. The van der Waals surface area contributed by atoms with Gasteiger partial charge in [0.05, 0.1) is 12.6 Å². The summed E-state index contributed by atoms with van der Waals surface area (Å²) in [7, 11) is 1.60. The van der Waals surface area contributed by atoms with E-state index in [-0.39, 0.29) is 17.9 Å². The molecule has 2 aromatic rings. The Morgan fingerprint density at radius 2 is 1.91 bits per heavy atom. The highest BCUT2D eigenvalue weighted by Crippen LogP contribution is 2.38. The first kappa shape index (κ1) is 24.8. The molecular weight excluding hydrogens is 416 g/mol. The number of fused-ring (bicyclic) bond motifs is 1. The van der Waals surface area contributed by atoms with Crippen molar-refractivity contribution in [2.24, 2.45) is 5.92 Å². The van der Waals surface area contributed by atoms with Crippen LogP contribution in [0.4, 0.5) is 0 Å². The van der Waals surface area contributed by atoms with Crippen LogP contribution >= 0.6 is 0 Å². The number of carbonyl (C=O) groups is 2. The van der Waals surface area contributed by atoms with Gasteiger partial charge < -0.3 is 19.7 Å². The molecule has 1 aliphatic heterocycles. The summed E-state index contributed by atoms with van der Waals surface area (Å²) < 4.78 is 11.1. The predicted molar refractivity (Wildman–Crippen MR) is 129 cm³/mol. The van der Waals surface area contributed by atoms with Gasteiger partial charge in [0.15, 0.2) is 6.10 Å². The van der Waals surface area contributed by atoms with E-state index in [0.717, 1.165) is 17.5 Å². The summed E-state index contributed by atoms with van der Waals surface area (Å²) >= 11 is 0. The lowest BCUT2D eigenvalue weighted by molar-refractivity contribution is -0.134. The summed E-state index contributed by atoms with van der Waals surface area (Å²) in [4.78, 5) is 27.7. The highest BCUT2D eigenvalue weighted by molar-refractivity contribution is 5.81. The topological polar surface area (TPSA) is 67.9 Å². The molecule has 1 aliphatic rings. The number of ether oxygens (including phenoxy) is 2. The molecule has 0 aromatic heterocycles. The zero-order valence-corrected chi connectivity index (χ0v) is 20.2. The standard InChI is InChI=1S/C27H36N2O4/c1-5-24(27(31)28-14-16-32-4)33-22-12-11-20-13-15-29(25(30)17-19(2)3)26(23(20)18-22)21-9-7-6-8-10-21/h6-12,18-19,24,26H,5,13-17H2,1-4H3,(H,28,31)/t24-,26+/m1/s1. The molecule has 178 valence electrons. The van der Waals surface area contributed by atoms with Crippen molar-refractivity contribution in [3.63, 3.8) is 0 Å². The van der Waals surface area contributed by atoms with Crippen LogP contribution in [-0.4, -0.2) is 49.6 Å². The molecule has 0 saturated carbocycles. The molecule has 1 N–H and O–H groups in total. The Morgan fingerprint density at radius 3 is 2.58 bits per heavy atom. The zero-order valence-electron chi connectivity index (χ0n) is 20.2. The summed E-state index contributed by atoms with van der Waals surface area (Å²) in [6.45, 7) is 7.67. The average molecular weight is 453 g/mol. The number of benzene rings is 2. The largest absolute Gasteiger partial charge is 0.481 e. The van der Waals surface area contributed by atoms with E-state index in [1.165, 1.54) is 5.56 Å². The summed E-state index contributed by atoms with van der Waals surface area (Å²) in [5.41, 5.74) is 3.36. The minimum Gasteiger partial charge on any atom is -0.481 e. The number of methoxy groups -OCH3 is 1. The minimum atomic E-state index is -0.586. The van der Waals surface area contributed by atoms with Gasteiger partial charge in [0.1, 0.15) is 5.75 Å². The van der Waals surface area contributed by atoms with Crippen molar-refractivity contribution < 1.29 is 19.1 Å². The lowest BCUT2D eigenvalue weighted by Gasteiger charge is -2.38. The second-order valence-electron chi connectivity index (χ2n) is 8.91. The predicted octanol–water partition coefficient (Wildman–Crippen LogP) is 4.13. The van der Waals surface area contributed by atoms with Crippen LogP contribution in [0.3, 0.4) is 0 Å². The van der Waals surface area contributed by atoms with Gasteiger partial charge in [-0.05, 0) is 47.6 Å². The molecule has 0 aliphatic carbocycles. The fraction of sp³-hybridized carbons (Fsp3) is 0.481. The SMILES string of the molecule is CC[C@@H](Oc1ccc2c(c1)[C@H](c1ccccc1)N(C(=O)CC(C)C)CC2)C(=O)NCCOC. The number of hydrogen-bond donors (Lipinski definition) is 1. The van der Waals surface area contributed by atoms with Crippen LogP contribution in [0.15, 0.2) is 48.5 Å². The lowest BCUT2D eigenvalue weighted by atomic mass is 9.87. The van der Waals surface area contributed by atoms with Gasteiger partial charge in [-0.3, -0.25) is 9.59 Å². The maximum Gasteiger partial charge on any atom is 0.261 e. The minimum absolute atomic E-state index is 0.152. The number of nitrogens with one attached hydrogen (secondary N) is 1. The first-order valence-electron chi connectivity index (χ1n) is 11.8. The van der Waals surface area contributed by atoms with Crippen LogP contribution in [-0.2, 0) is 20.7 Å². The lowest BCUT2D eigenvalue weighted by Crippen LogP contribution is -2.41. The highest BCUT2D eigenvalue weighted by Gasteiger charge is 2.32. The molecule has 0 spiro atoms. The van der Waals surface area contributed by atoms with E-state index in [9.17, 15) is 9.59 Å². The third-order valence-electron chi connectivity index (χ3n) is 5.91. The van der Waals surface area contributed by atoms with Crippen LogP contribution in [0.25, 0.3) is 0 Å². The number of hydrogen-bond acceptors (Lipinski definition) is 4. The number of amides is 2. The maximum absolute atomic E-state index is 13.2. The molecule has 3 rings (SSSR count). The Kier molecular flexibility index (Phi) is 8.89. The van der Waals surface area contributed by atoms with Gasteiger partial charge in [-0.15, -0.1) is 0 Å². The van der Waals surface area contributed by atoms with Gasteiger partial charge >= 0.3 is 0 Å². The van der Waals surface area contributed by atoms with Crippen LogP contribution < -0.4 is 10.1 Å². The summed E-state index contributed by atoms with van der Waals surface area (Å²) in [6.07, 6.45) is 1.29. The van der Waals surface area contributed by atoms with Crippen molar-refractivity contribution in [3.05, 3.63) is 65.2 Å². The second kappa shape index (κ2) is 11.8. The third kappa shape index (κ3) is 6.35. The van der Waals surface area contributed by atoms with Gasteiger partial charge in [0, 0.05) is 26.6 Å². The first-order valence-corrected chi connectivity index (χ1v) is 11.8. The number of rotatable bonds is 10.